The van der Waals surface area contributed by atoms with Gasteiger partial charge in [-0.2, -0.15) is 0 Å². The zero-order chi connectivity index (χ0) is 15.5. The van der Waals surface area contributed by atoms with Crippen molar-refractivity contribution in [3.05, 3.63) is 42.5 Å². The topological polar surface area (TPSA) is 76.4 Å². The fraction of sp³-hybridized carbons (Fsp3) is 0.375. The van der Waals surface area contributed by atoms with Gasteiger partial charge in [0, 0.05) is 25.0 Å². The highest BCUT2D eigenvalue weighted by molar-refractivity contribution is 5.97. The van der Waals surface area contributed by atoms with Crippen LogP contribution in [0.15, 0.2) is 36.9 Å². The third-order valence-electron chi connectivity index (χ3n) is 4.05. The number of hydrogen-bond acceptors (Lipinski definition) is 4. The summed E-state index contributed by atoms with van der Waals surface area (Å²) >= 11 is 0. The second-order valence-corrected chi connectivity index (χ2v) is 5.65. The van der Waals surface area contributed by atoms with Crippen molar-refractivity contribution in [2.45, 2.75) is 25.4 Å². The molecule has 1 aromatic heterocycles. The molecule has 1 fully saturated rings. The minimum Gasteiger partial charge on any atom is -0.507 e. The molecule has 1 aliphatic carbocycles. The number of phenols is 1. The second-order valence-electron chi connectivity index (χ2n) is 5.65. The molecule has 1 heterocycles. The number of benzene rings is 1. The zero-order valence-corrected chi connectivity index (χ0v) is 12.4. The van der Waals surface area contributed by atoms with Crippen molar-refractivity contribution in [1.82, 2.24) is 14.9 Å². The summed E-state index contributed by atoms with van der Waals surface area (Å²) in [5.41, 5.74) is 0.248. The lowest BCUT2D eigenvalue weighted by molar-refractivity contribution is 0.0878. The smallest absolute Gasteiger partial charge is 0.255 e. The predicted molar refractivity (Wildman–Crippen MR) is 80.9 cm³/mol. The SMILES string of the molecule is COc1ccc(O)c(C(=O)NC2CC(Cn3ccnc3)C2)c1. The van der Waals surface area contributed by atoms with Gasteiger partial charge in [-0.05, 0) is 37.0 Å². The normalized spacial score (nSPS) is 20.2. The van der Waals surface area contributed by atoms with Gasteiger partial charge < -0.3 is 19.7 Å². The number of methoxy groups -OCH3 is 1. The van der Waals surface area contributed by atoms with Crippen molar-refractivity contribution in [2.24, 2.45) is 5.92 Å². The van der Waals surface area contributed by atoms with Crippen molar-refractivity contribution in [1.29, 1.82) is 0 Å². The summed E-state index contributed by atoms with van der Waals surface area (Å²) in [7, 11) is 1.53. The van der Waals surface area contributed by atoms with Crippen LogP contribution in [0.2, 0.25) is 0 Å². The van der Waals surface area contributed by atoms with Crippen molar-refractivity contribution in [2.75, 3.05) is 7.11 Å². The van der Waals surface area contributed by atoms with Gasteiger partial charge in [0.2, 0.25) is 0 Å². The van der Waals surface area contributed by atoms with Gasteiger partial charge in [-0.1, -0.05) is 0 Å². The average molecular weight is 301 g/mol. The fourth-order valence-corrected chi connectivity index (χ4v) is 2.78. The number of aromatic nitrogens is 2. The van der Waals surface area contributed by atoms with Crippen LogP contribution < -0.4 is 10.1 Å². The van der Waals surface area contributed by atoms with E-state index in [2.05, 4.69) is 14.9 Å². The fourth-order valence-electron chi connectivity index (χ4n) is 2.78. The number of nitrogens with one attached hydrogen (secondary N) is 1. The van der Waals surface area contributed by atoms with E-state index < -0.39 is 0 Å². The van der Waals surface area contributed by atoms with E-state index in [-0.39, 0.29) is 23.3 Å². The van der Waals surface area contributed by atoms with Gasteiger partial charge >= 0.3 is 0 Å². The van der Waals surface area contributed by atoms with Gasteiger partial charge in [0.05, 0.1) is 19.0 Å². The van der Waals surface area contributed by atoms with E-state index in [0.717, 1.165) is 19.4 Å². The number of phenolic OH excluding ortho intramolecular Hbond substituents is 1. The predicted octanol–water partition coefficient (Wildman–Crippen LogP) is 1.81. The minimum absolute atomic E-state index is 0.0346. The molecule has 3 rings (SSSR count). The number of aromatic hydroxyl groups is 1. The third-order valence-corrected chi connectivity index (χ3v) is 4.05. The molecule has 0 unspecified atom stereocenters. The maximum atomic E-state index is 12.2. The van der Waals surface area contributed by atoms with Gasteiger partial charge in [0.1, 0.15) is 11.5 Å². The van der Waals surface area contributed by atoms with E-state index >= 15 is 0 Å². The van der Waals surface area contributed by atoms with Crippen molar-refractivity contribution >= 4 is 5.91 Å². The number of rotatable bonds is 5. The maximum absolute atomic E-state index is 12.2. The maximum Gasteiger partial charge on any atom is 0.255 e. The van der Waals surface area contributed by atoms with Crippen LogP contribution >= 0.6 is 0 Å². The zero-order valence-electron chi connectivity index (χ0n) is 12.4. The summed E-state index contributed by atoms with van der Waals surface area (Å²) in [5, 5.41) is 12.8. The molecule has 2 N–H and O–H groups in total. The minimum atomic E-state index is -0.262. The molecular formula is C16H19N3O3. The van der Waals surface area contributed by atoms with E-state index in [4.69, 9.17) is 4.74 Å². The first-order chi connectivity index (χ1) is 10.7. The highest BCUT2D eigenvalue weighted by atomic mass is 16.5. The molecule has 116 valence electrons. The number of imidazole rings is 1. The van der Waals surface area contributed by atoms with Gasteiger partial charge in [0.25, 0.3) is 5.91 Å². The lowest BCUT2D eigenvalue weighted by Crippen LogP contribution is -2.45. The summed E-state index contributed by atoms with van der Waals surface area (Å²) in [6, 6.07) is 4.80. The molecule has 0 radical (unpaired) electrons. The molecule has 0 bridgehead atoms. The monoisotopic (exact) mass is 301 g/mol. The average Bonchev–Trinajstić information content (AvgIpc) is 2.98. The standard InChI is InChI=1S/C16H19N3O3/c1-22-13-2-3-15(20)14(8-13)16(21)18-12-6-11(7-12)9-19-5-4-17-10-19/h2-5,8,10-12,20H,6-7,9H2,1H3,(H,18,21). The van der Waals surface area contributed by atoms with E-state index in [1.807, 2.05) is 6.20 Å². The third kappa shape index (κ3) is 3.05. The quantitative estimate of drug-likeness (QED) is 0.883. The summed E-state index contributed by atoms with van der Waals surface area (Å²) in [6.07, 6.45) is 7.40. The summed E-state index contributed by atoms with van der Waals surface area (Å²) in [6.45, 7) is 0.927. The molecule has 22 heavy (non-hydrogen) atoms. The van der Waals surface area contributed by atoms with Crippen LogP contribution in [0.25, 0.3) is 0 Å². The Hall–Kier alpha value is -2.50. The number of amides is 1. The Morgan fingerprint density at radius 3 is 3.00 bits per heavy atom. The molecule has 1 saturated carbocycles. The number of hydrogen-bond donors (Lipinski definition) is 2. The Morgan fingerprint density at radius 2 is 2.32 bits per heavy atom. The van der Waals surface area contributed by atoms with E-state index in [1.165, 1.54) is 13.2 Å². The van der Waals surface area contributed by atoms with Gasteiger partial charge in [-0.15, -0.1) is 0 Å². The molecule has 1 amide bonds. The van der Waals surface area contributed by atoms with Gasteiger partial charge in [-0.3, -0.25) is 4.79 Å². The van der Waals surface area contributed by atoms with Gasteiger partial charge in [0.15, 0.2) is 0 Å². The highest BCUT2D eigenvalue weighted by Gasteiger charge is 2.31. The summed E-state index contributed by atoms with van der Waals surface area (Å²) < 4.78 is 7.13. The Labute approximate surface area is 128 Å². The lowest BCUT2D eigenvalue weighted by Gasteiger charge is -2.36. The Kier molecular flexibility index (Phi) is 4.00. The van der Waals surface area contributed by atoms with Crippen LogP contribution in [0.4, 0.5) is 0 Å². The van der Waals surface area contributed by atoms with Crippen molar-refractivity contribution in [3.8, 4) is 11.5 Å². The van der Waals surface area contributed by atoms with Crippen LogP contribution in [0.1, 0.15) is 23.2 Å². The number of ether oxygens (including phenoxy) is 1. The van der Waals surface area contributed by atoms with Crippen LogP contribution in [0, 0.1) is 5.92 Å². The molecule has 0 saturated heterocycles. The van der Waals surface area contributed by atoms with Crippen LogP contribution in [0.5, 0.6) is 11.5 Å². The van der Waals surface area contributed by atoms with E-state index in [0.29, 0.717) is 11.7 Å². The Balaban J connectivity index is 1.53. The van der Waals surface area contributed by atoms with E-state index in [1.54, 1.807) is 24.7 Å². The highest BCUT2D eigenvalue weighted by Crippen LogP contribution is 2.30. The molecular weight excluding hydrogens is 282 g/mol. The molecule has 0 atom stereocenters. The first-order valence-electron chi connectivity index (χ1n) is 7.29. The molecule has 6 heteroatoms. The first kappa shape index (κ1) is 14.4. The van der Waals surface area contributed by atoms with Crippen LogP contribution in [-0.4, -0.2) is 33.7 Å². The van der Waals surface area contributed by atoms with Crippen LogP contribution in [0.3, 0.4) is 0 Å². The Bertz CT molecular complexity index is 649. The van der Waals surface area contributed by atoms with Crippen LogP contribution in [-0.2, 0) is 6.54 Å². The Morgan fingerprint density at radius 1 is 1.50 bits per heavy atom. The van der Waals surface area contributed by atoms with Gasteiger partial charge in [-0.25, -0.2) is 4.98 Å². The second kappa shape index (κ2) is 6.09. The molecule has 1 aromatic carbocycles. The van der Waals surface area contributed by atoms with E-state index in [9.17, 15) is 9.90 Å². The molecule has 0 spiro atoms. The summed E-state index contributed by atoms with van der Waals surface area (Å²) in [4.78, 5) is 16.2. The summed E-state index contributed by atoms with van der Waals surface area (Å²) in [5.74, 6) is 0.808. The number of nitrogens with zero attached hydrogens (tertiary/aromatic N) is 2. The number of carbonyl (C=O) groups is 1. The lowest BCUT2D eigenvalue weighted by atomic mass is 9.80. The molecule has 1 aliphatic rings. The molecule has 0 aliphatic heterocycles. The largest absolute Gasteiger partial charge is 0.507 e. The first-order valence-corrected chi connectivity index (χ1v) is 7.29. The molecule has 2 aromatic rings. The van der Waals surface area contributed by atoms with Crippen molar-refractivity contribution in [3.63, 3.8) is 0 Å². The number of carbonyl (C=O) groups excluding carboxylic acids is 1. The van der Waals surface area contributed by atoms with Crippen molar-refractivity contribution < 1.29 is 14.6 Å². The molecule has 6 nitrogen and oxygen atoms in total.